The fourth-order valence-electron chi connectivity index (χ4n) is 7.62. The molecular weight excluding hydrogens is 420 g/mol. The predicted molar refractivity (Wildman–Crippen MR) is 122 cm³/mol. The summed E-state index contributed by atoms with van der Waals surface area (Å²) in [5.74, 6) is 0.659. The number of fused-ring (bicyclic) bond motifs is 5. The number of carbonyl (C=O) groups is 2. The number of piperidine rings is 1. The van der Waals surface area contributed by atoms with E-state index in [1.165, 1.54) is 34.7 Å². The number of carbonyl (C=O) groups excluding carboxylic acids is 2. The summed E-state index contributed by atoms with van der Waals surface area (Å²) >= 11 is 0. The van der Waals surface area contributed by atoms with E-state index in [1.807, 2.05) is 0 Å². The molecule has 4 aliphatic rings. The highest BCUT2D eigenvalue weighted by Crippen LogP contribution is 2.61. The molecule has 6 atom stereocenters. The molecule has 1 aliphatic heterocycles. The van der Waals surface area contributed by atoms with Crippen LogP contribution >= 0.6 is 0 Å². The van der Waals surface area contributed by atoms with Crippen LogP contribution in [0.1, 0.15) is 75.6 Å². The Bertz CT molecular complexity index is 1030. The highest BCUT2D eigenvalue weighted by Gasteiger charge is 2.59. The molecule has 176 valence electrons. The first-order valence-corrected chi connectivity index (χ1v) is 12.1. The van der Waals surface area contributed by atoms with E-state index in [0.29, 0.717) is 23.8 Å². The highest BCUT2D eigenvalue weighted by molar-refractivity contribution is 6.06. The molecule has 1 aromatic rings. The molecule has 1 aromatic carbocycles. The number of nitro benzene ring substituents is 1. The van der Waals surface area contributed by atoms with E-state index in [2.05, 4.69) is 19.9 Å². The van der Waals surface area contributed by atoms with Crippen LogP contribution in [-0.2, 0) is 4.79 Å². The summed E-state index contributed by atoms with van der Waals surface area (Å²) in [7, 11) is 0. The van der Waals surface area contributed by atoms with Gasteiger partial charge in [0, 0.05) is 24.1 Å². The van der Waals surface area contributed by atoms with Crippen molar-refractivity contribution in [3.05, 3.63) is 51.6 Å². The number of nitrogens with zero attached hydrogens (tertiary/aromatic N) is 2. The number of rotatable bonds is 2. The van der Waals surface area contributed by atoms with E-state index in [4.69, 9.17) is 0 Å². The summed E-state index contributed by atoms with van der Waals surface area (Å²) in [4.78, 5) is 38.6. The number of non-ortho nitro benzene ring substituents is 1. The second-order valence-corrected chi connectivity index (χ2v) is 10.9. The number of hydrogen-bond acceptors (Lipinski definition) is 5. The summed E-state index contributed by atoms with van der Waals surface area (Å²) < 4.78 is 0. The lowest BCUT2D eigenvalue weighted by Gasteiger charge is -2.61. The van der Waals surface area contributed by atoms with Crippen molar-refractivity contribution in [3.63, 3.8) is 0 Å². The molecule has 0 radical (unpaired) electrons. The van der Waals surface area contributed by atoms with Crippen LogP contribution in [0.4, 0.5) is 5.69 Å². The minimum Gasteiger partial charge on any atom is -0.393 e. The van der Waals surface area contributed by atoms with Gasteiger partial charge in [-0.2, -0.15) is 0 Å². The number of hydrogen-bond donors (Lipinski definition) is 1. The van der Waals surface area contributed by atoms with Crippen molar-refractivity contribution in [1.29, 1.82) is 0 Å². The van der Waals surface area contributed by atoms with Gasteiger partial charge in [-0.3, -0.25) is 24.6 Å². The summed E-state index contributed by atoms with van der Waals surface area (Å²) in [5, 5.41) is 21.2. The van der Waals surface area contributed by atoms with Crippen molar-refractivity contribution in [2.75, 3.05) is 0 Å². The van der Waals surface area contributed by atoms with E-state index in [1.54, 1.807) is 0 Å². The zero-order chi connectivity index (χ0) is 23.5. The van der Waals surface area contributed by atoms with E-state index < -0.39 is 10.5 Å². The maximum atomic E-state index is 13.5. The summed E-state index contributed by atoms with van der Waals surface area (Å²) in [6, 6.07) is 5.56. The van der Waals surface area contributed by atoms with E-state index >= 15 is 0 Å². The Morgan fingerprint density at radius 3 is 2.55 bits per heavy atom. The summed E-state index contributed by atoms with van der Waals surface area (Å²) in [6.45, 7) is 4.43. The average Bonchev–Trinajstić information content (AvgIpc) is 2.78. The Morgan fingerprint density at radius 1 is 1.12 bits per heavy atom. The average molecular weight is 453 g/mol. The highest BCUT2D eigenvalue weighted by atomic mass is 16.6. The van der Waals surface area contributed by atoms with Crippen molar-refractivity contribution >= 4 is 17.5 Å². The normalized spacial score (nSPS) is 38.0. The van der Waals surface area contributed by atoms with Crippen molar-refractivity contribution in [2.24, 2.45) is 23.2 Å². The number of aliphatic hydroxyl groups excluding tert-OH is 1. The maximum Gasteiger partial charge on any atom is 0.269 e. The van der Waals surface area contributed by atoms with Crippen LogP contribution in [0.5, 0.6) is 0 Å². The van der Waals surface area contributed by atoms with Gasteiger partial charge < -0.3 is 5.11 Å². The van der Waals surface area contributed by atoms with Crippen LogP contribution in [0.2, 0.25) is 0 Å². The third-order valence-electron chi connectivity index (χ3n) is 9.39. The number of nitro groups is 1. The molecule has 1 saturated heterocycles. The number of likely N-dealkylation sites (tertiary alicyclic amines) is 1. The molecule has 33 heavy (non-hydrogen) atoms. The van der Waals surface area contributed by atoms with Gasteiger partial charge in [-0.05, 0) is 87.2 Å². The van der Waals surface area contributed by atoms with Crippen molar-refractivity contribution < 1.29 is 19.6 Å². The van der Waals surface area contributed by atoms with E-state index in [-0.39, 0.29) is 34.9 Å². The Morgan fingerprint density at radius 2 is 1.85 bits per heavy atom. The van der Waals surface area contributed by atoms with Crippen LogP contribution in [0.25, 0.3) is 0 Å². The molecule has 0 bridgehead atoms. The van der Waals surface area contributed by atoms with Gasteiger partial charge in [0.05, 0.1) is 16.6 Å². The smallest absolute Gasteiger partial charge is 0.269 e. The molecule has 3 fully saturated rings. The Kier molecular flexibility index (Phi) is 5.23. The fraction of sp³-hybridized carbons (Fsp3) is 0.615. The molecule has 2 saturated carbocycles. The van der Waals surface area contributed by atoms with Crippen LogP contribution in [0, 0.1) is 33.3 Å². The third-order valence-corrected chi connectivity index (χ3v) is 9.39. The third kappa shape index (κ3) is 3.35. The molecule has 0 aromatic heterocycles. The van der Waals surface area contributed by atoms with Gasteiger partial charge in [0.15, 0.2) is 0 Å². The van der Waals surface area contributed by atoms with Crippen LogP contribution < -0.4 is 0 Å². The maximum absolute atomic E-state index is 13.5. The minimum absolute atomic E-state index is 0.0724. The van der Waals surface area contributed by atoms with Crippen molar-refractivity contribution in [3.8, 4) is 0 Å². The Labute approximate surface area is 194 Å². The zero-order valence-corrected chi connectivity index (χ0v) is 19.3. The molecular formula is C26H32N2O5. The van der Waals surface area contributed by atoms with Crippen LogP contribution in [0.3, 0.4) is 0 Å². The first-order valence-electron chi connectivity index (χ1n) is 12.1. The molecule has 5 rings (SSSR count). The summed E-state index contributed by atoms with van der Waals surface area (Å²) in [5.41, 5.74) is 1.19. The number of imide groups is 1. The monoisotopic (exact) mass is 452 g/mol. The lowest BCUT2D eigenvalue weighted by molar-refractivity contribution is -0.384. The molecule has 0 spiro atoms. The van der Waals surface area contributed by atoms with Gasteiger partial charge in [0.2, 0.25) is 5.91 Å². The lowest BCUT2D eigenvalue weighted by atomic mass is 9.48. The van der Waals surface area contributed by atoms with Gasteiger partial charge in [-0.25, -0.2) is 0 Å². The van der Waals surface area contributed by atoms with Crippen molar-refractivity contribution in [1.82, 2.24) is 4.90 Å². The molecule has 1 N–H and O–H groups in total. The molecule has 7 nitrogen and oxygen atoms in total. The molecule has 2 amide bonds. The van der Waals surface area contributed by atoms with Crippen LogP contribution in [0.15, 0.2) is 35.9 Å². The zero-order valence-electron chi connectivity index (χ0n) is 19.3. The minimum atomic E-state index is -0.550. The number of aliphatic hydroxyl groups is 1. The fourth-order valence-corrected chi connectivity index (χ4v) is 7.62. The first kappa shape index (κ1) is 22.3. The molecule has 1 heterocycles. The summed E-state index contributed by atoms with van der Waals surface area (Å²) in [6.07, 6.45) is 8.52. The second kappa shape index (κ2) is 7.76. The number of amides is 2. The van der Waals surface area contributed by atoms with E-state index in [0.717, 1.165) is 44.9 Å². The number of benzene rings is 1. The lowest BCUT2D eigenvalue weighted by Crippen LogP contribution is -2.65. The molecule has 7 heteroatoms. The quantitative estimate of drug-likeness (QED) is 0.305. The van der Waals surface area contributed by atoms with Gasteiger partial charge in [0.25, 0.3) is 11.6 Å². The largest absolute Gasteiger partial charge is 0.393 e. The SMILES string of the molecule is C[C@]12CC[C@H](O)CC1=CC[C@@H]1[C@@H]2CC[C@@]2(C)[C@H]1CCC(=O)N2C(=O)c1ccc([N+](=O)[O-])cc1. The topological polar surface area (TPSA) is 101 Å². The predicted octanol–water partition coefficient (Wildman–Crippen LogP) is 4.64. The first-order chi connectivity index (χ1) is 15.6. The Hall–Kier alpha value is -2.54. The van der Waals surface area contributed by atoms with Crippen LogP contribution in [-0.4, -0.2) is 38.4 Å². The number of allylic oxidation sites excluding steroid dienone is 1. The van der Waals surface area contributed by atoms with Gasteiger partial charge in [-0.1, -0.05) is 18.6 Å². The molecule has 3 aliphatic carbocycles. The van der Waals surface area contributed by atoms with Gasteiger partial charge in [-0.15, -0.1) is 0 Å². The molecule has 0 unspecified atom stereocenters. The second-order valence-electron chi connectivity index (χ2n) is 10.9. The standard InChI is InChI=1S/C26H32N2O5/c1-25-13-11-19(29)15-17(25)5-8-20-21(25)12-14-26(2)22(20)9-10-23(30)27(26)24(31)16-3-6-18(7-4-16)28(32)33/h3-7,19-22,29H,8-15H2,1-2H3/t19-,20+,21-,22-,25-,26-/m0/s1. The van der Waals surface area contributed by atoms with Crippen molar-refractivity contribution in [2.45, 2.75) is 76.9 Å². The Balaban J connectivity index is 1.46. The van der Waals surface area contributed by atoms with Gasteiger partial charge >= 0.3 is 0 Å². The van der Waals surface area contributed by atoms with Gasteiger partial charge in [0.1, 0.15) is 0 Å². The van der Waals surface area contributed by atoms with E-state index in [9.17, 15) is 24.8 Å².